The molecule has 1 aromatic carbocycles. The molecule has 0 aliphatic heterocycles. The Hall–Kier alpha value is -4.38. The van der Waals surface area contributed by atoms with Gasteiger partial charge in [0.1, 0.15) is 23.1 Å². The summed E-state index contributed by atoms with van der Waals surface area (Å²) in [5, 5.41) is 24.4. The van der Waals surface area contributed by atoms with E-state index in [4.69, 9.17) is 0 Å². The van der Waals surface area contributed by atoms with Crippen LogP contribution in [0.2, 0.25) is 0 Å². The van der Waals surface area contributed by atoms with Gasteiger partial charge in [0.15, 0.2) is 0 Å². The Morgan fingerprint density at radius 1 is 1.15 bits per heavy atom. The van der Waals surface area contributed by atoms with E-state index >= 15 is 0 Å². The van der Waals surface area contributed by atoms with E-state index < -0.39 is 5.92 Å². The highest BCUT2D eigenvalue weighted by atomic mass is 19.1. The van der Waals surface area contributed by atoms with Gasteiger partial charge in [0.05, 0.1) is 18.5 Å². The van der Waals surface area contributed by atoms with Crippen molar-refractivity contribution >= 4 is 17.4 Å². The first-order valence-corrected chi connectivity index (χ1v) is 10.6. The summed E-state index contributed by atoms with van der Waals surface area (Å²) < 4.78 is 16.3. The minimum absolute atomic E-state index is 0.222. The number of anilines is 2. The van der Waals surface area contributed by atoms with Crippen LogP contribution in [0.3, 0.4) is 0 Å². The van der Waals surface area contributed by atoms with Gasteiger partial charge in [0, 0.05) is 36.9 Å². The molecule has 0 radical (unpaired) electrons. The Labute approximate surface area is 192 Å². The van der Waals surface area contributed by atoms with Crippen molar-refractivity contribution in [3.63, 3.8) is 0 Å². The van der Waals surface area contributed by atoms with Gasteiger partial charge in [-0.3, -0.25) is 14.6 Å². The number of nitrogens with zero attached hydrogens (tertiary/aromatic N) is 6. The SMILES string of the molecule is Cn1nccc1Nc1nccc(-c2cc(=O)n3c(C(CO)Cc4ccc(F)cc4)n[nH]c3c2)n1. The maximum absolute atomic E-state index is 13.2. The predicted octanol–water partition coefficient (Wildman–Crippen LogP) is 2.41. The lowest BCUT2D eigenvalue weighted by Gasteiger charge is -2.12. The number of nitrogens with one attached hydrogen (secondary N) is 2. The molecule has 4 heterocycles. The van der Waals surface area contributed by atoms with Crippen LogP contribution >= 0.6 is 0 Å². The Balaban J connectivity index is 1.47. The van der Waals surface area contributed by atoms with Crippen LogP contribution in [0.5, 0.6) is 0 Å². The number of aliphatic hydroxyl groups excluding tert-OH is 1. The molecule has 0 saturated heterocycles. The number of halogens is 1. The van der Waals surface area contributed by atoms with Crippen LogP contribution in [0.1, 0.15) is 17.3 Å². The summed E-state index contributed by atoms with van der Waals surface area (Å²) in [5.74, 6) is 0.714. The van der Waals surface area contributed by atoms with E-state index in [1.165, 1.54) is 22.6 Å². The first-order chi connectivity index (χ1) is 16.5. The maximum Gasteiger partial charge on any atom is 0.258 e. The number of aliphatic hydroxyl groups is 1. The molecule has 3 N–H and O–H groups in total. The molecule has 1 unspecified atom stereocenters. The first-order valence-electron chi connectivity index (χ1n) is 10.6. The summed E-state index contributed by atoms with van der Waals surface area (Å²) in [6.45, 7) is -0.222. The van der Waals surface area contributed by atoms with Crippen molar-refractivity contribution in [1.29, 1.82) is 0 Å². The lowest BCUT2D eigenvalue weighted by Crippen LogP contribution is -2.19. The number of aryl methyl sites for hydroxylation is 1. The Morgan fingerprint density at radius 2 is 1.97 bits per heavy atom. The molecule has 0 amide bonds. The lowest BCUT2D eigenvalue weighted by molar-refractivity contribution is 0.259. The monoisotopic (exact) mass is 460 g/mol. The van der Waals surface area contributed by atoms with E-state index in [0.29, 0.717) is 35.1 Å². The highest BCUT2D eigenvalue weighted by Gasteiger charge is 2.20. The summed E-state index contributed by atoms with van der Waals surface area (Å²) in [7, 11) is 1.80. The minimum atomic E-state index is -0.448. The third kappa shape index (κ3) is 4.16. The summed E-state index contributed by atoms with van der Waals surface area (Å²) in [6.07, 6.45) is 3.66. The largest absolute Gasteiger partial charge is 0.396 e. The van der Waals surface area contributed by atoms with Crippen LogP contribution in [-0.4, -0.2) is 46.1 Å². The molecule has 5 aromatic rings. The quantitative estimate of drug-likeness (QED) is 0.340. The number of hydrogen-bond donors (Lipinski definition) is 3. The Morgan fingerprint density at radius 3 is 2.71 bits per heavy atom. The maximum atomic E-state index is 13.2. The van der Waals surface area contributed by atoms with Crippen molar-refractivity contribution in [1.82, 2.24) is 34.3 Å². The zero-order valence-electron chi connectivity index (χ0n) is 18.2. The average Bonchev–Trinajstić information content (AvgIpc) is 3.45. The highest BCUT2D eigenvalue weighted by Crippen LogP contribution is 2.23. The van der Waals surface area contributed by atoms with Gasteiger partial charge in [-0.2, -0.15) is 10.2 Å². The second-order valence-corrected chi connectivity index (χ2v) is 7.83. The van der Waals surface area contributed by atoms with Gasteiger partial charge in [-0.15, -0.1) is 0 Å². The molecule has 5 rings (SSSR count). The van der Waals surface area contributed by atoms with Gasteiger partial charge >= 0.3 is 0 Å². The van der Waals surface area contributed by atoms with Crippen molar-refractivity contribution in [3.8, 4) is 11.3 Å². The summed E-state index contributed by atoms with van der Waals surface area (Å²) >= 11 is 0. The topological polar surface area (TPSA) is 126 Å². The molecule has 11 heteroatoms. The number of benzene rings is 1. The zero-order valence-corrected chi connectivity index (χ0v) is 18.2. The predicted molar refractivity (Wildman–Crippen MR) is 123 cm³/mol. The fourth-order valence-corrected chi connectivity index (χ4v) is 3.81. The fraction of sp³-hybridized carbons (Fsp3) is 0.174. The average molecular weight is 460 g/mol. The molecule has 0 fully saturated rings. The van der Waals surface area contributed by atoms with E-state index in [1.807, 2.05) is 0 Å². The number of rotatable bonds is 7. The van der Waals surface area contributed by atoms with Crippen molar-refractivity contribution in [2.45, 2.75) is 12.3 Å². The van der Waals surface area contributed by atoms with Crippen molar-refractivity contribution in [2.75, 3.05) is 11.9 Å². The molecule has 0 saturated carbocycles. The Bertz CT molecular complexity index is 1510. The molecular formula is C23H21FN8O2. The van der Waals surface area contributed by atoms with Crippen LogP contribution in [0.15, 0.2) is 65.7 Å². The van der Waals surface area contributed by atoms with E-state index in [2.05, 4.69) is 30.6 Å². The van der Waals surface area contributed by atoms with Gasteiger partial charge in [-0.05, 0) is 36.2 Å². The van der Waals surface area contributed by atoms with Gasteiger partial charge in [-0.1, -0.05) is 12.1 Å². The number of hydrogen-bond acceptors (Lipinski definition) is 7. The summed E-state index contributed by atoms with van der Waals surface area (Å²) in [6, 6.07) is 12.8. The van der Waals surface area contributed by atoms with Gasteiger partial charge in [0.25, 0.3) is 5.56 Å². The molecule has 10 nitrogen and oxygen atoms in total. The molecule has 34 heavy (non-hydrogen) atoms. The smallest absolute Gasteiger partial charge is 0.258 e. The zero-order chi connectivity index (χ0) is 23.7. The van der Waals surface area contributed by atoms with Crippen molar-refractivity contribution in [2.24, 2.45) is 7.05 Å². The van der Waals surface area contributed by atoms with Crippen LogP contribution in [0.25, 0.3) is 16.9 Å². The third-order valence-corrected chi connectivity index (χ3v) is 5.54. The third-order valence-electron chi connectivity index (χ3n) is 5.54. The summed E-state index contributed by atoms with van der Waals surface area (Å²) in [5.41, 5.74) is 2.13. The van der Waals surface area contributed by atoms with Crippen LogP contribution in [0, 0.1) is 5.82 Å². The van der Waals surface area contributed by atoms with Crippen molar-refractivity contribution < 1.29 is 9.50 Å². The minimum Gasteiger partial charge on any atom is -0.396 e. The van der Waals surface area contributed by atoms with Crippen molar-refractivity contribution in [3.05, 3.63) is 88.5 Å². The molecule has 0 aliphatic carbocycles. The standard InChI is InChI=1S/C23H21FN8O2/c1-31-19(7-9-26-31)28-23-25-8-6-18(27-23)15-11-20-29-30-22(32(20)21(34)12-15)16(13-33)10-14-2-4-17(24)5-3-14/h2-9,11-12,16,29,33H,10,13H2,1H3,(H,25,27,28). The number of fused-ring (bicyclic) bond motifs is 1. The molecule has 0 bridgehead atoms. The van der Waals surface area contributed by atoms with Gasteiger partial charge < -0.3 is 10.4 Å². The van der Waals surface area contributed by atoms with Crippen LogP contribution < -0.4 is 10.9 Å². The molecular weight excluding hydrogens is 439 g/mol. The normalized spacial score (nSPS) is 12.2. The fourth-order valence-electron chi connectivity index (χ4n) is 3.81. The van der Waals surface area contributed by atoms with Gasteiger partial charge in [0.2, 0.25) is 5.95 Å². The lowest BCUT2D eigenvalue weighted by atomic mass is 9.99. The molecule has 1 atom stereocenters. The van der Waals surface area contributed by atoms with Gasteiger partial charge in [-0.25, -0.2) is 18.8 Å². The number of pyridine rings is 1. The molecule has 4 aromatic heterocycles. The second kappa shape index (κ2) is 8.87. The van der Waals surface area contributed by atoms with E-state index in [0.717, 1.165) is 11.4 Å². The number of H-pyrrole nitrogens is 1. The summed E-state index contributed by atoms with van der Waals surface area (Å²) in [4.78, 5) is 21.8. The first kappa shape index (κ1) is 21.5. The number of aromatic amines is 1. The molecule has 0 spiro atoms. The highest BCUT2D eigenvalue weighted by molar-refractivity contribution is 5.65. The van der Waals surface area contributed by atoms with Crippen LogP contribution in [0.4, 0.5) is 16.2 Å². The molecule has 172 valence electrons. The van der Waals surface area contributed by atoms with E-state index in [1.54, 1.807) is 54.5 Å². The Kier molecular flexibility index (Phi) is 5.60. The molecule has 0 aliphatic rings. The van der Waals surface area contributed by atoms with E-state index in [9.17, 15) is 14.3 Å². The second-order valence-electron chi connectivity index (χ2n) is 7.83. The number of aromatic nitrogens is 7. The van der Waals surface area contributed by atoms with E-state index in [-0.39, 0.29) is 18.0 Å². The van der Waals surface area contributed by atoms with Crippen LogP contribution in [-0.2, 0) is 13.5 Å².